The van der Waals surface area contributed by atoms with Crippen molar-refractivity contribution in [3.8, 4) is 0 Å². The summed E-state index contributed by atoms with van der Waals surface area (Å²) in [5, 5.41) is 7.60. The fraction of sp³-hybridized carbons (Fsp3) is 0.833. The van der Waals surface area contributed by atoms with Crippen LogP contribution in [0.4, 0.5) is 0 Å². The molecule has 0 N–H and O–H groups in total. The maximum absolute atomic E-state index is 11.5. The average Bonchev–Trinajstić information content (AvgIpc) is 2.70. The lowest BCUT2D eigenvalue weighted by Crippen LogP contribution is -2.33. The van der Waals surface area contributed by atoms with E-state index in [0.717, 1.165) is 32.3 Å². The summed E-state index contributed by atoms with van der Waals surface area (Å²) in [4.78, 5) is 0. The Morgan fingerprint density at radius 2 is 2.05 bits per heavy atom. The van der Waals surface area contributed by atoms with Crippen LogP contribution in [0.25, 0.3) is 0 Å². The molecule has 1 saturated carbocycles. The van der Waals surface area contributed by atoms with Gasteiger partial charge in [-0.05, 0) is 32.1 Å². The van der Waals surface area contributed by atoms with Gasteiger partial charge in [0.05, 0.1) is 6.10 Å². The molecule has 0 aromatic carbocycles. The Morgan fingerprint density at radius 3 is 2.60 bits per heavy atom. The second kappa shape index (κ2) is 6.41. The number of rotatable bonds is 7. The number of ether oxygens (including phenoxy) is 1. The molecule has 0 spiro atoms. The molecule has 6 nitrogen and oxygen atoms in total. The van der Waals surface area contributed by atoms with Crippen LogP contribution in [0, 0.1) is 5.92 Å². The largest absolute Gasteiger partial charge is 0.378 e. The molecule has 1 aromatic heterocycles. The van der Waals surface area contributed by atoms with Crippen LogP contribution in [-0.4, -0.2) is 35.9 Å². The van der Waals surface area contributed by atoms with Crippen molar-refractivity contribution < 1.29 is 13.2 Å². The molecule has 0 radical (unpaired) electrons. The van der Waals surface area contributed by atoms with Crippen LogP contribution < -0.4 is 0 Å². The second-order valence-corrected chi connectivity index (χ2v) is 7.57. The predicted octanol–water partition coefficient (Wildman–Crippen LogP) is 1.97. The van der Waals surface area contributed by atoms with E-state index >= 15 is 0 Å². The molecular formula is C12H20ClN3O3S. The summed E-state index contributed by atoms with van der Waals surface area (Å²) >= 11 is 0. The van der Waals surface area contributed by atoms with E-state index in [0.29, 0.717) is 24.4 Å². The van der Waals surface area contributed by atoms with Gasteiger partial charge in [-0.3, -0.25) is 0 Å². The molecule has 1 aromatic rings. The van der Waals surface area contributed by atoms with Crippen molar-refractivity contribution in [1.29, 1.82) is 0 Å². The van der Waals surface area contributed by atoms with Gasteiger partial charge in [-0.25, -0.2) is 8.42 Å². The van der Waals surface area contributed by atoms with Crippen LogP contribution in [0.2, 0.25) is 0 Å². The normalized spacial score (nSPS) is 22.8. The highest BCUT2D eigenvalue weighted by Gasteiger charge is 2.32. The molecule has 0 aliphatic heterocycles. The van der Waals surface area contributed by atoms with Gasteiger partial charge in [0.15, 0.2) is 0 Å². The van der Waals surface area contributed by atoms with Gasteiger partial charge in [0.2, 0.25) is 0 Å². The SMILES string of the molecule is CCCn1c(CC2CC(OCC)C2)nnc1S(=O)(=O)Cl. The monoisotopic (exact) mass is 321 g/mol. The molecule has 0 saturated heterocycles. The van der Waals surface area contributed by atoms with Crippen LogP contribution in [0.15, 0.2) is 5.16 Å². The fourth-order valence-electron chi connectivity index (χ4n) is 2.57. The Labute approximate surface area is 123 Å². The zero-order valence-electron chi connectivity index (χ0n) is 11.7. The summed E-state index contributed by atoms with van der Waals surface area (Å²) in [5.74, 6) is 1.18. The van der Waals surface area contributed by atoms with Crippen LogP contribution in [0.3, 0.4) is 0 Å². The Bertz CT molecular complexity index is 552. The molecule has 20 heavy (non-hydrogen) atoms. The smallest absolute Gasteiger partial charge is 0.296 e. The summed E-state index contributed by atoms with van der Waals surface area (Å²) in [6.45, 7) is 5.26. The minimum atomic E-state index is -3.84. The van der Waals surface area contributed by atoms with Gasteiger partial charge < -0.3 is 9.30 Å². The molecule has 1 aliphatic carbocycles. The molecule has 114 valence electrons. The number of halogens is 1. The maximum atomic E-state index is 11.5. The van der Waals surface area contributed by atoms with Crippen molar-refractivity contribution in [2.75, 3.05) is 6.61 Å². The van der Waals surface area contributed by atoms with Crippen LogP contribution in [0.1, 0.15) is 38.9 Å². The van der Waals surface area contributed by atoms with Crippen LogP contribution in [0.5, 0.6) is 0 Å². The Balaban J connectivity index is 2.07. The minimum Gasteiger partial charge on any atom is -0.378 e. The summed E-state index contributed by atoms with van der Waals surface area (Å²) in [6, 6.07) is 0. The first-order valence-electron chi connectivity index (χ1n) is 6.94. The fourth-order valence-corrected chi connectivity index (χ4v) is 3.51. The highest BCUT2D eigenvalue weighted by molar-refractivity contribution is 8.13. The highest BCUT2D eigenvalue weighted by Crippen LogP contribution is 2.33. The topological polar surface area (TPSA) is 74.1 Å². The van der Waals surface area contributed by atoms with E-state index < -0.39 is 9.05 Å². The van der Waals surface area contributed by atoms with Crippen molar-refractivity contribution in [2.45, 2.75) is 57.3 Å². The third kappa shape index (κ3) is 3.51. The molecule has 8 heteroatoms. The summed E-state index contributed by atoms with van der Waals surface area (Å²) in [6.07, 6.45) is 3.86. The van der Waals surface area contributed by atoms with Gasteiger partial charge in [-0.1, -0.05) is 6.92 Å². The minimum absolute atomic E-state index is 0.142. The molecule has 0 unspecified atom stereocenters. The van der Waals surface area contributed by atoms with E-state index in [-0.39, 0.29) is 5.16 Å². The predicted molar refractivity (Wildman–Crippen MR) is 75.2 cm³/mol. The first kappa shape index (κ1) is 15.7. The lowest BCUT2D eigenvalue weighted by atomic mass is 9.80. The molecule has 0 bridgehead atoms. The molecule has 1 fully saturated rings. The molecular weight excluding hydrogens is 302 g/mol. The van der Waals surface area contributed by atoms with Crippen LogP contribution >= 0.6 is 10.7 Å². The van der Waals surface area contributed by atoms with Crippen molar-refractivity contribution in [2.24, 2.45) is 5.92 Å². The zero-order valence-corrected chi connectivity index (χ0v) is 13.3. The number of nitrogens with zero attached hydrogens (tertiary/aromatic N) is 3. The Hall–Kier alpha value is -0.660. The first-order chi connectivity index (χ1) is 9.45. The lowest BCUT2D eigenvalue weighted by molar-refractivity contribution is -0.0247. The second-order valence-electron chi connectivity index (χ2n) is 5.11. The van der Waals surface area contributed by atoms with Gasteiger partial charge in [0, 0.05) is 30.3 Å². The standard InChI is InChI=1S/C12H20ClN3O3S/c1-3-5-16-11(14-15-12(16)20(13,17)18)8-9-6-10(7-9)19-4-2/h9-10H,3-8H2,1-2H3. The maximum Gasteiger partial charge on any atom is 0.296 e. The van der Waals surface area contributed by atoms with Gasteiger partial charge in [-0.2, -0.15) is 0 Å². The molecule has 2 rings (SSSR count). The Kier molecular flexibility index (Phi) is 5.04. The Morgan fingerprint density at radius 1 is 1.35 bits per heavy atom. The summed E-state index contributed by atoms with van der Waals surface area (Å²) in [7, 11) is 1.55. The van der Waals surface area contributed by atoms with Crippen molar-refractivity contribution in [3.05, 3.63) is 5.82 Å². The molecule has 0 atom stereocenters. The van der Waals surface area contributed by atoms with E-state index in [1.807, 2.05) is 13.8 Å². The molecule has 1 aliphatic rings. The van der Waals surface area contributed by atoms with E-state index in [1.165, 1.54) is 0 Å². The number of hydrogen-bond donors (Lipinski definition) is 0. The highest BCUT2D eigenvalue weighted by atomic mass is 35.7. The summed E-state index contributed by atoms with van der Waals surface area (Å²) in [5.41, 5.74) is 0. The van der Waals surface area contributed by atoms with Crippen molar-refractivity contribution in [1.82, 2.24) is 14.8 Å². The van der Waals surface area contributed by atoms with Gasteiger partial charge in [0.1, 0.15) is 5.82 Å². The first-order valence-corrected chi connectivity index (χ1v) is 9.25. The van der Waals surface area contributed by atoms with Crippen molar-refractivity contribution >= 4 is 19.7 Å². The van der Waals surface area contributed by atoms with E-state index in [4.69, 9.17) is 15.4 Å². The third-order valence-corrected chi connectivity index (χ3v) is 4.68. The molecule has 0 amide bonds. The quantitative estimate of drug-likeness (QED) is 0.718. The van der Waals surface area contributed by atoms with E-state index in [1.54, 1.807) is 4.57 Å². The molecule has 1 heterocycles. The van der Waals surface area contributed by atoms with E-state index in [9.17, 15) is 8.42 Å². The van der Waals surface area contributed by atoms with Gasteiger partial charge in [-0.15, -0.1) is 10.2 Å². The van der Waals surface area contributed by atoms with E-state index in [2.05, 4.69) is 10.2 Å². The van der Waals surface area contributed by atoms with Gasteiger partial charge >= 0.3 is 0 Å². The van der Waals surface area contributed by atoms with Crippen LogP contribution in [-0.2, 0) is 26.8 Å². The lowest BCUT2D eigenvalue weighted by Gasteiger charge is -2.34. The average molecular weight is 322 g/mol. The number of hydrogen-bond acceptors (Lipinski definition) is 5. The zero-order chi connectivity index (χ0) is 14.8. The van der Waals surface area contributed by atoms with Gasteiger partial charge in [0.25, 0.3) is 14.2 Å². The number of aromatic nitrogens is 3. The summed E-state index contributed by atoms with van der Waals surface area (Å²) < 4.78 is 30.1. The third-order valence-electron chi connectivity index (χ3n) is 3.52. The van der Waals surface area contributed by atoms with Crippen molar-refractivity contribution in [3.63, 3.8) is 0 Å².